The lowest BCUT2D eigenvalue weighted by Crippen LogP contribution is -2.75. The van der Waals surface area contributed by atoms with E-state index in [0.29, 0.717) is 0 Å². The van der Waals surface area contributed by atoms with Crippen LogP contribution in [-0.4, -0.2) is 50.5 Å². The minimum atomic E-state index is -0.0759. The third-order valence-corrected chi connectivity index (χ3v) is 5.34. The van der Waals surface area contributed by atoms with E-state index in [1.165, 1.54) is 12.8 Å². The van der Waals surface area contributed by atoms with Gasteiger partial charge in [-0.2, -0.15) is 0 Å². The SMILES string of the molecule is CNC1NC(NCC2CCNCC2)NC(Nc2cccc3cnccc23)N1. The largest absolute Gasteiger partial charge is 0.357 e. The van der Waals surface area contributed by atoms with Gasteiger partial charge in [0.15, 0.2) is 0 Å². The number of nitrogens with zero attached hydrogens (tertiary/aromatic N) is 1. The summed E-state index contributed by atoms with van der Waals surface area (Å²) in [5.41, 5.74) is 1.08. The summed E-state index contributed by atoms with van der Waals surface area (Å²) >= 11 is 0. The Kier molecular flexibility index (Phi) is 6.13. The Morgan fingerprint density at radius 1 is 1.04 bits per heavy atom. The lowest BCUT2D eigenvalue weighted by molar-refractivity contribution is 0.163. The van der Waals surface area contributed by atoms with Gasteiger partial charge in [0.2, 0.25) is 0 Å². The van der Waals surface area contributed by atoms with Crippen molar-refractivity contribution in [3.8, 4) is 0 Å². The van der Waals surface area contributed by atoms with E-state index in [0.717, 1.165) is 42.0 Å². The predicted molar refractivity (Wildman–Crippen MR) is 109 cm³/mol. The third-order valence-electron chi connectivity index (χ3n) is 5.34. The van der Waals surface area contributed by atoms with E-state index in [4.69, 9.17) is 0 Å². The second-order valence-corrected chi connectivity index (χ2v) is 7.24. The molecule has 3 heterocycles. The van der Waals surface area contributed by atoms with E-state index >= 15 is 0 Å². The molecule has 0 spiro atoms. The standard InChI is InChI=1S/C19H30N8/c1-20-17-25-18(23-11-13-5-8-21-9-6-13)27-19(26-17)24-16-4-2-3-14-12-22-10-7-15(14)16/h2-4,7,10,12-13,17-21,23-27H,5-6,8-9,11H2,1H3. The summed E-state index contributed by atoms with van der Waals surface area (Å²) in [7, 11) is 1.94. The van der Waals surface area contributed by atoms with Gasteiger partial charge in [0.05, 0.1) is 0 Å². The second kappa shape index (κ2) is 8.92. The second-order valence-electron chi connectivity index (χ2n) is 7.24. The van der Waals surface area contributed by atoms with Gasteiger partial charge < -0.3 is 10.6 Å². The fourth-order valence-electron chi connectivity index (χ4n) is 3.79. The summed E-state index contributed by atoms with van der Waals surface area (Å²) in [6.45, 7) is 3.26. The molecule has 3 unspecified atom stereocenters. The van der Waals surface area contributed by atoms with Crippen LogP contribution in [0.4, 0.5) is 5.69 Å². The number of piperidine rings is 1. The average Bonchev–Trinajstić information content (AvgIpc) is 2.73. The predicted octanol–water partition coefficient (Wildman–Crippen LogP) is 0.0885. The zero-order chi connectivity index (χ0) is 18.5. The Labute approximate surface area is 160 Å². The van der Waals surface area contributed by atoms with Gasteiger partial charge >= 0.3 is 0 Å². The Morgan fingerprint density at radius 3 is 2.70 bits per heavy atom. The maximum absolute atomic E-state index is 4.21. The molecule has 0 bridgehead atoms. The molecule has 8 nitrogen and oxygen atoms in total. The molecule has 8 heteroatoms. The van der Waals surface area contributed by atoms with Crippen molar-refractivity contribution in [1.29, 1.82) is 0 Å². The third kappa shape index (κ3) is 4.73. The monoisotopic (exact) mass is 370 g/mol. The molecule has 0 saturated carbocycles. The highest BCUT2D eigenvalue weighted by molar-refractivity contribution is 5.93. The van der Waals surface area contributed by atoms with Crippen LogP contribution in [0.5, 0.6) is 0 Å². The van der Waals surface area contributed by atoms with Crippen LogP contribution in [0, 0.1) is 5.92 Å². The van der Waals surface area contributed by atoms with Crippen molar-refractivity contribution < 1.29 is 0 Å². The van der Waals surface area contributed by atoms with Gasteiger partial charge in [0, 0.05) is 35.4 Å². The fraction of sp³-hybridized carbons (Fsp3) is 0.526. The molecule has 1 aromatic heterocycles. The van der Waals surface area contributed by atoms with Gasteiger partial charge in [-0.05, 0) is 51.0 Å². The first-order valence-electron chi connectivity index (χ1n) is 9.80. The maximum Gasteiger partial charge on any atom is 0.136 e. The molecule has 2 aromatic rings. The minimum Gasteiger partial charge on any atom is -0.357 e. The number of nitrogens with one attached hydrogen (secondary N) is 7. The van der Waals surface area contributed by atoms with Crippen molar-refractivity contribution in [1.82, 2.24) is 36.9 Å². The zero-order valence-electron chi connectivity index (χ0n) is 15.8. The van der Waals surface area contributed by atoms with Crippen LogP contribution in [0.15, 0.2) is 36.7 Å². The summed E-state index contributed by atoms with van der Waals surface area (Å²) in [5, 5.41) is 26.7. The molecule has 0 amide bonds. The van der Waals surface area contributed by atoms with Crippen LogP contribution in [0.25, 0.3) is 10.8 Å². The van der Waals surface area contributed by atoms with Gasteiger partial charge in [-0.3, -0.25) is 31.6 Å². The molecular formula is C19H30N8. The number of benzene rings is 1. The smallest absolute Gasteiger partial charge is 0.136 e. The van der Waals surface area contributed by atoms with Crippen LogP contribution in [0.1, 0.15) is 12.8 Å². The molecule has 1 aromatic carbocycles. The van der Waals surface area contributed by atoms with Crippen molar-refractivity contribution in [2.24, 2.45) is 5.92 Å². The number of hydrogen-bond donors (Lipinski definition) is 7. The van der Waals surface area contributed by atoms with Crippen LogP contribution in [0.2, 0.25) is 0 Å². The van der Waals surface area contributed by atoms with Crippen LogP contribution in [-0.2, 0) is 0 Å². The van der Waals surface area contributed by atoms with Gasteiger partial charge in [0.1, 0.15) is 18.9 Å². The molecule has 2 saturated heterocycles. The number of fused-ring (bicyclic) bond motifs is 1. The van der Waals surface area contributed by atoms with Gasteiger partial charge in [-0.25, -0.2) is 0 Å². The number of anilines is 1. The lowest BCUT2D eigenvalue weighted by atomic mass is 9.98. The summed E-state index contributed by atoms with van der Waals surface area (Å²) < 4.78 is 0. The van der Waals surface area contributed by atoms with Gasteiger partial charge in [0.25, 0.3) is 0 Å². The van der Waals surface area contributed by atoms with E-state index in [9.17, 15) is 0 Å². The molecule has 7 N–H and O–H groups in total. The highest BCUT2D eigenvalue weighted by Gasteiger charge is 2.26. The van der Waals surface area contributed by atoms with Crippen molar-refractivity contribution in [2.45, 2.75) is 31.7 Å². The first-order chi connectivity index (χ1) is 13.3. The number of hydrogen-bond acceptors (Lipinski definition) is 8. The number of pyridine rings is 1. The molecule has 0 aliphatic carbocycles. The molecule has 2 aliphatic rings. The molecule has 3 atom stereocenters. The molecule has 2 fully saturated rings. The van der Waals surface area contributed by atoms with Crippen molar-refractivity contribution in [2.75, 3.05) is 32.0 Å². The van der Waals surface area contributed by atoms with Crippen molar-refractivity contribution >= 4 is 16.5 Å². The number of aromatic nitrogens is 1. The lowest BCUT2D eigenvalue weighted by Gasteiger charge is -2.40. The topological polar surface area (TPSA) is 97.1 Å². The fourth-order valence-corrected chi connectivity index (χ4v) is 3.79. The molecule has 4 rings (SSSR count). The van der Waals surface area contributed by atoms with Crippen molar-refractivity contribution in [3.05, 3.63) is 36.7 Å². The average molecular weight is 371 g/mol. The first-order valence-corrected chi connectivity index (χ1v) is 9.80. The van der Waals surface area contributed by atoms with E-state index in [1.54, 1.807) is 0 Å². The molecule has 0 radical (unpaired) electrons. The molecular weight excluding hydrogens is 340 g/mol. The highest BCUT2D eigenvalue weighted by Crippen LogP contribution is 2.22. The van der Waals surface area contributed by atoms with Crippen molar-refractivity contribution in [3.63, 3.8) is 0 Å². The first kappa shape index (κ1) is 18.5. The van der Waals surface area contributed by atoms with Crippen LogP contribution >= 0.6 is 0 Å². The van der Waals surface area contributed by atoms with E-state index < -0.39 is 0 Å². The normalized spacial score (nSPS) is 26.9. The Hall–Kier alpha value is -1.81. The van der Waals surface area contributed by atoms with E-state index in [-0.39, 0.29) is 18.9 Å². The zero-order valence-corrected chi connectivity index (χ0v) is 15.8. The number of rotatable bonds is 6. The summed E-state index contributed by atoms with van der Waals surface area (Å²) in [6.07, 6.45) is 6.14. The Bertz CT molecular complexity index is 727. The molecule has 146 valence electrons. The maximum atomic E-state index is 4.21. The van der Waals surface area contributed by atoms with Gasteiger partial charge in [-0.15, -0.1) is 0 Å². The molecule has 27 heavy (non-hydrogen) atoms. The Balaban J connectivity index is 1.40. The van der Waals surface area contributed by atoms with Gasteiger partial charge in [-0.1, -0.05) is 12.1 Å². The minimum absolute atomic E-state index is 0.00548. The van der Waals surface area contributed by atoms with Crippen LogP contribution in [0.3, 0.4) is 0 Å². The summed E-state index contributed by atoms with van der Waals surface area (Å²) in [4.78, 5) is 4.21. The van der Waals surface area contributed by atoms with E-state index in [2.05, 4.69) is 60.4 Å². The van der Waals surface area contributed by atoms with E-state index in [1.807, 2.05) is 25.5 Å². The quantitative estimate of drug-likeness (QED) is 0.384. The summed E-state index contributed by atoms with van der Waals surface area (Å²) in [5.74, 6) is 0.731. The Morgan fingerprint density at radius 2 is 1.85 bits per heavy atom. The van der Waals surface area contributed by atoms with Crippen LogP contribution < -0.4 is 37.2 Å². The molecule has 2 aliphatic heterocycles. The summed E-state index contributed by atoms with van der Waals surface area (Å²) in [6, 6.07) is 8.27. The highest BCUT2D eigenvalue weighted by atomic mass is 15.5.